The molecule has 3 N–H and O–H groups in total. The average Bonchev–Trinajstić information content (AvgIpc) is 3.79. The summed E-state index contributed by atoms with van der Waals surface area (Å²) >= 11 is 0. The molecule has 0 bridgehead atoms. The summed E-state index contributed by atoms with van der Waals surface area (Å²) in [7, 11) is 0. The van der Waals surface area contributed by atoms with Gasteiger partial charge in [-0.1, -0.05) is 93.8 Å². The monoisotopic (exact) mass is 882 g/mol. The molecule has 1 aromatic heterocycles. The van der Waals surface area contributed by atoms with Gasteiger partial charge in [0.15, 0.2) is 5.76 Å². The van der Waals surface area contributed by atoms with Crippen molar-refractivity contribution in [1.29, 1.82) is 0 Å². The Kier molecular flexibility index (Phi) is 20.1. The fourth-order valence-corrected chi connectivity index (χ4v) is 6.79. The molecule has 0 spiro atoms. The van der Waals surface area contributed by atoms with E-state index in [2.05, 4.69) is 22.9 Å². The van der Waals surface area contributed by atoms with Crippen molar-refractivity contribution in [3.8, 4) is 17.1 Å². The van der Waals surface area contributed by atoms with Crippen LogP contribution in [0.1, 0.15) is 119 Å². The number of benzene rings is 3. The molecular weight excluding hydrogens is 821 g/mol. The largest absolute Gasteiger partial charge is 0.494 e. The van der Waals surface area contributed by atoms with Crippen molar-refractivity contribution in [2.45, 2.75) is 117 Å². The number of rotatable bonds is 26. The van der Waals surface area contributed by atoms with Crippen molar-refractivity contribution in [2.75, 3.05) is 13.3 Å². The third kappa shape index (κ3) is 16.3. The fraction of sp³-hybridized carbons (Fsp3) is 0.429. The summed E-state index contributed by atoms with van der Waals surface area (Å²) in [6.45, 7) is 11.1. The van der Waals surface area contributed by atoms with Gasteiger partial charge in [0, 0.05) is 17.5 Å². The van der Waals surface area contributed by atoms with E-state index in [4.69, 9.17) is 23.5 Å². The second-order valence-corrected chi connectivity index (χ2v) is 16.1. The van der Waals surface area contributed by atoms with Gasteiger partial charge in [0.25, 0.3) is 11.8 Å². The summed E-state index contributed by atoms with van der Waals surface area (Å²) < 4.78 is 22.6. The maximum atomic E-state index is 13.8. The van der Waals surface area contributed by atoms with Gasteiger partial charge in [0.1, 0.15) is 36.4 Å². The van der Waals surface area contributed by atoms with Gasteiger partial charge in [-0.3, -0.25) is 28.8 Å². The Labute approximate surface area is 375 Å². The van der Waals surface area contributed by atoms with Crippen LogP contribution >= 0.6 is 0 Å². The second-order valence-electron chi connectivity index (χ2n) is 16.1. The van der Waals surface area contributed by atoms with Crippen LogP contribution in [0, 0.1) is 5.92 Å². The number of ether oxygens (including phenoxy) is 3. The second kappa shape index (κ2) is 25.6. The van der Waals surface area contributed by atoms with Crippen LogP contribution in [0.4, 0.5) is 0 Å². The highest BCUT2D eigenvalue weighted by molar-refractivity contribution is 5.98. The molecule has 0 unspecified atom stereocenters. The van der Waals surface area contributed by atoms with E-state index in [1.165, 1.54) is 23.3 Å². The number of hydroxylamine groups is 2. The predicted molar refractivity (Wildman–Crippen MR) is 239 cm³/mol. The van der Waals surface area contributed by atoms with E-state index >= 15 is 0 Å². The number of hydrogen-bond donors (Lipinski definition) is 3. The molecule has 1 heterocycles. The van der Waals surface area contributed by atoms with Crippen molar-refractivity contribution in [3.05, 3.63) is 113 Å². The lowest BCUT2D eigenvalue weighted by Gasteiger charge is -2.32. The minimum Gasteiger partial charge on any atom is -0.494 e. The molecule has 4 rings (SSSR count). The van der Waals surface area contributed by atoms with Crippen LogP contribution in [-0.2, 0) is 46.7 Å². The van der Waals surface area contributed by atoms with Crippen LogP contribution in [0.2, 0.25) is 0 Å². The molecule has 0 aliphatic carbocycles. The van der Waals surface area contributed by atoms with Crippen LogP contribution in [0.5, 0.6) is 5.75 Å². The lowest BCUT2D eigenvalue weighted by molar-refractivity contribution is -0.200. The number of carbonyl (C=O) groups excluding carboxylic acids is 6. The Bertz CT molecular complexity index is 2120. The highest BCUT2D eigenvalue weighted by Crippen LogP contribution is 2.29. The van der Waals surface area contributed by atoms with Crippen molar-refractivity contribution in [2.24, 2.45) is 5.92 Å². The van der Waals surface area contributed by atoms with Crippen molar-refractivity contribution in [1.82, 2.24) is 21.0 Å². The molecule has 15 heteroatoms. The summed E-state index contributed by atoms with van der Waals surface area (Å²) in [5, 5.41) is 9.38. The van der Waals surface area contributed by atoms with E-state index in [1.807, 2.05) is 67.6 Å². The molecule has 344 valence electrons. The summed E-state index contributed by atoms with van der Waals surface area (Å²) in [6.07, 6.45) is 3.95. The quantitative estimate of drug-likeness (QED) is 0.0184. The predicted octanol–water partition coefficient (Wildman–Crippen LogP) is 7.68. The number of unbranched alkanes of at least 4 members (excludes halogenated alkanes) is 2. The zero-order valence-corrected chi connectivity index (χ0v) is 37.7. The molecule has 4 aromatic rings. The first-order valence-corrected chi connectivity index (χ1v) is 21.8. The molecule has 3 aromatic carbocycles. The number of hydrogen-bond acceptors (Lipinski definition) is 11. The molecule has 0 aliphatic rings. The van der Waals surface area contributed by atoms with Gasteiger partial charge in [0.2, 0.25) is 12.3 Å². The topological polar surface area (TPSA) is 192 Å². The maximum Gasteiger partial charge on any atom is 0.329 e. The first-order valence-electron chi connectivity index (χ1n) is 21.8. The van der Waals surface area contributed by atoms with Crippen LogP contribution < -0.4 is 20.7 Å². The summed E-state index contributed by atoms with van der Waals surface area (Å²) in [6, 6.07) is 24.5. The van der Waals surface area contributed by atoms with Gasteiger partial charge in [-0.25, -0.2) is 9.86 Å². The third-order valence-electron chi connectivity index (χ3n) is 9.97. The molecule has 0 saturated heterocycles. The van der Waals surface area contributed by atoms with Crippen molar-refractivity contribution in [3.63, 3.8) is 0 Å². The Morgan fingerprint density at radius 2 is 1.48 bits per heavy atom. The minimum atomic E-state index is -1.19. The Hall–Kier alpha value is -6.48. The minimum absolute atomic E-state index is 0.0615. The maximum absolute atomic E-state index is 13.8. The smallest absolute Gasteiger partial charge is 0.329 e. The lowest BCUT2D eigenvalue weighted by Crippen LogP contribution is -2.48. The summed E-state index contributed by atoms with van der Waals surface area (Å²) in [5.74, 6) is -2.96. The van der Waals surface area contributed by atoms with Gasteiger partial charge < -0.3 is 34.6 Å². The Balaban J connectivity index is 1.43. The van der Waals surface area contributed by atoms with E-state index in [0.717, 1.165) is 30.4 Å². The molecule has 0 saturated carbocycles. The van der Waals surface area contributed by atoms with E-state index in [0.29, 0.717) is 30.6 Å². The molecule has 3 atom stereocenters. The van der Waals surface area contributed by atoms with Crippen molar-refractivity contribution < 1.29 is 52.2 Å². The molecule has 0 aliphatic heterocycles. The zero-order chi connectivity index (χ0) is 46.5. The summed E-state index contributed by atoms with van der Waals surface area (Å²) in [4.78, 5) is 84.7. The highest BCUT2D eigenvalue weighted by atomic mass is 16.7. The van der Waals surface area contributed by atoms with Crippen LogP contribution in [-0.4, -0.2) is 72.1 Å². The van der Waals surface area contributed by atoms with Gasteiger partial charge in [-0.2, -0.15) is 0 Å². The fourth-order valence-electron chi connectivity index (χ4n) is 6.79. The number of nitrogens with one attached hydrogen (secondary N) is 3. The number of amides is 4. The van der Waals surface area contributed by atoms with Gasteiger partial charge in [-0.15, -0.1) is 0 Å². The Morgan fingerprint density at radius 3 is 2.11 bits per heavy atom. The highest BCUT2D eigenvalue weighted by Gasteiger charge is 2.32. The van der Waals surface area contributed by atoms with Gasteiger partial charge in [0.05, 0.1) is 25.2 Å². The van der Waals surface area contributed by atoms with Crippen LogP contribution in [0.15, 0.2) is 95.4 Å². The Morgan fingerprint density at radius 1 is 0.797 bits per heavy atom. The molecule has 64 heavy (non-hydrogen) atoms. The lowest BCUT2D eigenvalue weighted by atomic mass is 9.90. The normalized spacial score (nSPS) is 12.5. The first kappa shape index (κ1) is 50.2. The molecule has 0 radical (unpaired) electrons. The zero-order valence-electron chi connectivity index (χ0n) is 37.7. The first-order chi connectivity index (χ1) is 30.7. The number of furan rings is 1. The van der Waals surface area contributed by atoms with Crippen molar-refractivity contribution >= 4 is 36.1 Å². The molecular formula is C49H62N4O11. The SMILES string of the molecule is CCCCC[C@@H](C(=O)NCNC(=O)c1ccc(-c2cc(OCC)cc(C(=O)N[C@@H](CCC(=O)OCc3ccccc3)C(=O)OC(C)(C)C)c2)o1)[C@@H](CC)N(C=O)OCc1ccccc1. The number of nitrogens with zero attached hydrogens (tertiary/aromatic N) is 1. The standard InChI is InChI=1S/C49H62N4O11/c1-7-10-13-22-39(41(8-2)53(33-54)62-31-35-20-16-12-17-21-35)46(57)50-32-51-47(58)43-25-24-42(63-43)36-27-37(29-38(28-36)60-9-3)45(56)52-40(48(59)64-49(4,5)6)23-26-44(55)61-30-34-18-14-11-15-19-34/h11-12,14-21,24-25,27-29,33,39-41H,7-10,13,22-23,26,30-32H2,1-6H3,(H,50,57)(H,51,58)(H,52,56)/t39-,40+,41-/m1/s1. The average molecular weight is 883 g/mol. The number of carbonyl (C=O) groups is 6. The van der Waals surface area contributed by atoms with E-state index < -0.39 is 47.4 Å². The van der Waals surface area contributed by atoms with E-state index in [1.54, 1.807) is 39.8 Å². The summed E-state index contributed by atoms with van der Waals surface area (Å²) in [5.41, 5.74) is 1.34. The molecule has 15 nitrogen and oxygen atoms in total. The third-order valence-corrected chi connectivity index (χ3v) is 9.97. The van der Waals surface area contributed by atoms with E-state index in [9.17, 15) is 28.8 Å². The molecule has 0 fully saturated rings. The number of esters is 2. The van der Waals surface area contributed by atoms with Crippen LogP contribution in [0.25, 0.3) is 11.3 Å². The molecule has 4 amide bonds. The van der Waals surface area contributed by atoms with Crippen LogP contribution in [0.3, 0.4) is 0 Å². The van der Waals surface area contributed by atoms with Gasteiger partial charge >= 0.3 is 11.9 Å². The van der Waals surface area contributed by atoms with E-state index in [-0.39, 0.29) is 62.3 Å². The van der Waals surface area contributed by atoms with Gasteiger partial charge in [-0.05, 0) is 88.4 Å².